The summed E-state index contributed by atoms with van der Waals surface area (Å²) in [6.45, 7) is 3.90. The first-order valence-electron chi connectivity index (χ1n) is 7.97. The molecule has 122 valence electrons. The highest BCUT2D eigenvalue weighted by Gasteiger charge is 2.11. The maximum Gasteiger partial charge on any atom is 0.275 e. The topological polar surface area (TPSA) is 33.5 Å². The second kappa shape index (κ2) is 8.70. The molecule has 0 aliphatic carbocycles. The third-order valence-corrected chi connectivity index (χ3v) is 4.20. The summed E-state index contributed by atoms with van der Waals surface area (Å²) in [6, 6.07) is 16.2. The monoisotopic (exact) mass is 331 g/mol. The molecular weight excluding hydrogens is 308 g/mol. The number of hydrogen-bond acceptors (Lipinski definition) is 1. The van der Waals surface area contributed by atoms with E-state index in [0.717, 1.165) is 23.4 Å². The highest BCUT2D eigenvalue weighted by atomic mass is 35.5. The van der Waals surface area contributed by atoms with Gasteiger partial charge in [-0.15, -0.1) is 0 Å². The lowest BCUT2D eigenvalue weighted by atomic mass is 10.1. The van der Waals surface area contributed by atoms with Crippen LogP contribution in [0.2, 0.25) is 5.02 Å². The molecule has 0 aromatic heterocycles. The molecule has 0 aliphatic rings. The Morgan fingerprint density at radius 2 is 1.74 bits per heavy atom. The van der Waals surface area contributed by atoms with Crippen LogP contribution < -0.4 is 10.2 Å². The van der Waals surface area contributed by atoms with E-state index in [1.165, 1.54) is 11.1 Å². The lowest BCUT2D eigenvalue weighted by molar-refractivity contribution is -0.885. The molecule has 0 spiro atoms. The predicted molar refractivity (Wildman–Crippen MR) is 94.6 cm³/mol. The Morgan fingerprint density at radius 1 is 1.09 bits per heavy atom. The van der Waals surface area contributed by atoms with Gasteiger partial charge in [-0.2, -0.15) is 0 Å². The Balaban J connectivity index is 1.79. The Hall–Kier alpha value is -1.84. The van der Waals surface area contributed by atoms with Gasteiger partial charge in [0.1, 0.15) is 6.54 Å². The summed E-state index contributed by atoms with van der Waals surface area (Å²) < 4.78 is 0. The van der Waals surface area contributed by atoms with E-state index in [9.17, 15) is 4.79 Å². The van der Waals surface area contributed by atoms with Crippen molar-refractivity contribution in [2.75, 3.05) is 13.6 Å². The number of carbonyl (C=O) groups is 1. The minimum atomic E-state index is 0.0348. The molecule has 2 rings (SSSR count). The first kappa shape index (κ1) is 17.5. The number of hydrogen-bond donors (Lipinski definition) is 2. The molecular formula is C19H24ClN2O+. The normalized spacial score (nSPS) is 12.0. The number of aryl methyl sites for hydroxylation is 1. The van der Waals surface area contributed by atoms with Crippen molar-refractivity contribution in [1.82, 2.24) is 5.32 Å². The van der Waals surface area contributed by atoms with Crippen molar-refractivity contribution in [1.29, 1.82) is 0 Å². The summed E-state index contributed by atoms with van der Waals surface area (Å²) in [5.41, 5.74) is 3.53. The van der Waals surface area contributed by atoms with Crippen LogP contribution in [0.5, 0.6) is 0 Å². The zero-order valence-electron chi connectivity index (χ0n) is 13.7. The molecule has 1 atom stereocenters. The largest absolute Gasteiger partial charge is 0.347 e. The first-order valence-corrected chi connectivity index (χ1v) is 8.35. The Kier molecular flexibility index (Phi) is 6.63. The number of carbonyl (C=O) groups excluding carboxylic acids is 1. The van der Waals surface area contributed by atoms with Gasteiger partial charge in [0.2, 0.25) is 0 Å². The molecule has 1 unspecified atom stereocenters. The summed E-state index contributed by atoms with van der Waals surface area (Å²) >= 11 is 6.09. The summed E-state index contributed by atoms with van der Waals surface area (Å²) in [5.74, 6) is 0.0348. The summed E-state index contributed by atoms with van der Waals surface area (Å²) in [6.07, 6.45) is 1.05. The van der Waals surface area contributed by atoms with Crippen LogP contribution in [0.25, 0.3) is 0 Å². The van der Waals surface area contributed by atoms with Gasteiger partial charge in [0.25, 0.3) is 5.91 Å². The van der Waals surface area contributed by atoms with Gasteiger partial charge in [-0.1, -0.05) is 61.0 Å². The molecule has 0 fully saturated rings. The van der Waals surface area contributed by atoms with E-state index >= 15 is 0 Å². The van der Waals surface area contributed by atoms with Gasteiger partial charge in [-0.25, -0.2) is 0 Å². The molecule has 0 aliphatic heterocycles. The molecule has 0 saturated carbocycles. The van der Waals surface area contributed by atoms with Crippen molar-refractivity contribution >= 4 is 17.5 Å². The summed E-state index contributed by atoms with van der Waals surface area (Å²) in [5, 5.41) is 3.62. The van der Waals surface area contributed by atoms with Crippen LogP contribution >= 0.6 is 11.6 Å². The van der Waals surface area contributed by atoms with Crippen LogP contribution in [0, 0.1) is 0 Å². The quantitative estimate of drug-likeness (QED) is 0.801. The van der Waals surface area contributed by atoms with Gasteiger partial charge >= 0.3 is 0 Å². The van der Waals surface area contributed by atoms with Crippen LogP contribution in [0.1, 0.15) is 23.6 Å². The Bertz CT molecular complexity index is 640. The van der Waals surface area contributed by atoms with Crippen molar-refractivity contribution < 1.29 is 9.69 Å². The van der Waals surface area contributed by atoms with Crippen LogP contribution in [-0.2, 0) is 24.3 Å². The first-order chi connectivity index (χ1) is 11.1. The van der Waals surface area contributed by atoms with Crippen molar-refractivity contribution in [3.63, 3.8) is 0 Å². The Morgan fingerprint density at radius 3 is 2.39 bits per heavy atom. The van der Waals surface area contributed by atoms with E-state index in [1.54, 1.807) is 0 Å². The van der Waals surface area contributed by atoms with Gasteiger partial charge in [-0.3, -0.25) is 4.79 Å². The van der Waals surface area contributed by atoms with Crippen molar-refractivity contribution in [3.05, 3.63) is 70.2 Å². The van der Waals surface area contributed by atoms with E-state index < -0.39 is 0 Å². The summed E-state index contributed by atoms with van der Waals surface area (Å²) in [4.78, 5) is 13.2. The van der Waals surface area contributed by atoms with Crippen molar-refractivity contribution in [2.45, 2.75) is 26.4 Å². The number of rotatable bonds is 7. The maximum absolute atomic E-state index is 12.1. The number of halogens is 1. The van der Waals surface area contributed by atoms with Crippen LogP contribution in [0.4, 0.5) is 0 Å². The van der Waals surface area contributed by atoms with Gasteiger partial charge in [0, 0.05) is 17.1 Å². The number of amides is 1. The highest BCUT2D eigenvalue weighted by molar-refractivity contribution is 6.31. The smallest absolute Gasteiger partial charge is 0.275 e. The lowest BCUT2D eigenvalue weighted by Gasteiger charge is -2.14. The van der Waals surface area contributed by atoms with Crippen molar-refractivity contribution in [2.24, 2.45) is 0 Å². The van der Waals surface area contributed by atoms with Gasteiger partial charge in [0.15, 0.2) is 6.54 Å². The van der Waals surface area contributed by atoms with Gasteiger partial charge in [0.05, 0.1) is 7.05 Å². The third-order valence-electron chi connectivity index (χ3n) is 3.83. The molecule has 4 heteroatoms. The molecule has 2 N–H and O–H groups in total. The predicted octanol–water partition coefficient (Wildman–Crippen LogP) is 2.23. The lowest BCUT2D eigenvalue weighted by Crippen LogP contribution is -3.08. The molecule has 2 aromatic carbocycles. The number of quaternary nitrogens is 1. The maximum atomic E-state index is 12.1. The second-order valence-electron chi connectivity index (χ2n) is 5.85. The molecule has 2 aromatic rings. The fraction of sp³-hybridized carbons (Fsp3) is 0.316. The molecule has 1 amide bonds. The minimum Gasteiger partial charge on any atom is -0.347 e. The van der Waals surface area contributed by atoms with E-state index in [4.69, 9.17) is 11.6 Å². The van der Waals surface area contributed by atoms with E-state index in [-0.39, 0.29) is 5.91 Å². The highest BCUT2D eigenvalue weighted by Crippen LogP contribution is 2.14. The molecule has 3 nitrogen and oxygen atoms in total. The molecule has 23 heavy (non-hydrogen) atoms. The fourth-order valence-electron chi connectivity index (χ4n) is 2.48. The SMILES string of the molecule is CCc1ccc(C[NH+](C)CC(=O)NCc2ccccc2Cl)cc1. The van der Waals surface area contributed by atoms with Crippen LogP contribution in [0.3, 0.4) is 0 Å². The third kappa shape index (κ3) is 5.70. The van der Waals surface area contributed by atoms with E-state index in [2.05, 4.69) is 36.5 Å². The minimum absolute atomic E-state index is 0.0348. The molecule has 0 radical (unpaired) electrons. The summed E-state index contributed by atoms with van der Waals surface area (Å²) in [7, 11) is 2.03. The fourth-order valence-corrected chi connectivity index (χ4v) is 2.68. The van der Waals surface area contributed by atoms with Crippen LogP contribution in [0.15, 0.2) is 48.5 Å². The average molecular weight is 332 g/mol. The van der Waals surface area contributed by atoms with Crippen molar-refractivity contribution in [3.8, 4) is 0 Å². The average Bonchev–Trinajstić information content (AvgIpc) is 2.54. The van der Waals surface area contributed by atoms with Gasteiger partial charge in [-0.05, 0) is 23.6 Å². The van der Waals surface area contributed by atoms with E-state index in [0.29, 0.717) is 18.1 Å². The number of nitrogens with one attached hydrogen (secondary N) is 2. The van der Waals surface area contributed by atoms with Crippen LogP contribution in [-0.4, -0.2) is 19.5 Å². The number of benzene rings is 2. The second-order valence-corrected chi connectivity index (χ2v) is 6.26. The standard InChI is InChI=1S/C19H23ClN2O/c1-3-15-8-10-16(11-9-15)13-22(2)14-19(23)21-12-17-6-4-5-7-18(17)20/h4-11H,3,12-14H2,1-2H3,(H,21,23)/p+1. The van der Waals surface area contributed by atoms with Gasteiger partial charge < -0.3 is 10.2 Å². The Labute approximate surface area is 143 Å². The van der Waals surface area contributed by atoms with E-state index in [1.807, 2.05) is 31.3 Å². The zero-order chi connectivity index (χ0) is 16.7. The molecule has 0 heterocycles. The number of likely N-dealkylation sites (N-methyl/N-ethyl adjacent to an activating group) is 1. The zero-order valence-corrected chi connectivity index (χ0v) is 14.5. The molecule has 0 bridgehead atoms. The molecule has 0 saturated heterocycles.